The van der Waals surface area contributed by atoms with Gasteiger partial charge in [0.15, 0.2) is 6.10 Å². The number of aliphatic carboxylic acids is 1. The van der Waals surface area contributed by atoms with Crippen molar-refractivity contribution in [3.05, 3.63) is 39.2 Å². The quantitative estimate of drug-likeness (QED) is 0.832. The molecule has 1 fully saturated rings. The number of carboxylic acids is 1. The van der Waals surface area contributed by atoms with Gasteiger partial charge in [0.2, 0.25) is 5.91 Å². The molecular weight excluding hydrogens is 364 g/mol. The highest BCUT2D eigenvalue weighted by Gasteiger charge is 2.34. The highest BCUT2D eigenvalue weighted by atomic mass is 35.5. The second kappa shape index (κ2) is 7.51. The maximum atomic E-state index is 12.1. The van der Waals surface area contributed by atoms with Crippen molar-refractivity contribution < 1.29 is 19.4 Å². The number of carbonyl (C=O) groups is 2. The van der Waals surface area contributed by atoms with Crippen LogP contribution in [0.3, 0.4) is 0 Å². The van der Waals surface area contributed by atoms with E-state index in [1.54, 1.807) is 0 Å². The number of hydrogen-bond acceptors (Lipinski definition) is 5. The van der Waals surface area contributed by atoms with Gasteiger partial charge >= 0.3 is 5.97 Å². The van der Waals surface area contributed by atoms with Crippen molar-refractivity contribution in [1.29, 1.82) is 0 Å². The number of carbonyl (C=O) groups excluding carboxylic acids is 1. The molecule has 132 valence electrons. The van der Waals surface area contributed by atoms with Crippen molar-refractivity contribution >= 4 is 34.8 Å². The fraction of sp³-hybridized carbons (Fsp3) is 0.353. The maximum Gasteiger partial charge on any atom is 0.332 e. The van der Waals surface area contributed by atoms with E-state index in [-0.39, 0.29) is 12.5 Å². The first-order chi connectivity index (χ1) is 11.9. The van der Waals surface area contributed by atoms with E-state index in [9.17, 15) is 9.59 Å². The summed E-state index contributed by atoms with van der Waals surface area (Å²) in [6.07, 6.45) is -0.840. The van der Waals surface area contributed by atoms with E-state index in [1.165, 1.54) is 11.3 Å². The predicted molar refractivity (Wildman–Crippen MR) is 94.7 cm³/mol. The summed E-state index contributed by atoms with van der Waals surface area (Å²) in [4.78, 5) is 28.6. The summed E-state index contributed by atoms with van der Waals surface area (Å²) < 4.78 is 5.24. The van der Waals surface area contributed by atoms with Gasteiger partial charge in [0.1, 0.15) is 11.1 Å². The molecule has 0 aliphatic carbocycles. The Morgan fingerprint density at radius 3 is 2.64 bits per heavy atom. The molecule has 2 aromatic rings. The lowest BCUT2D eigenvalue weighted by Crippen LogP contribution is -2.35. The number of aromatic nitrogens is 1. The third kappa shape index (κ3) is 4.18. The molecule has 2 heterocycles. The van der Waals surface area contributed by atoms with Crippen molar-refractivity contribution in [2.24, 2.45) is 0 Å². The number of aryl methyl sites for hydroxylation is 1. The van der Waals surface area contributed by atoms with Crippen molar-refractivity contribution in [2.75, 3.05) is 0 Å². The summed E-state index contributed by atoms with van der Waals surface area (Å²) in [6, 6.07) is 7.44. The Labute approximate surface area is 153 Å². The van der Waals surface area contributed by atoms with Gasteiger partial charge in [-0.1, -0.05) is 23.7 Å². The highest BCUT2D eigenvalue weighted by Crippen LogP contribution is 2.28. The average molecular weight is 381 g/mol. The van der Waals surface area contributed by atoms with Gasteiger partial charge in [-0.2, -0.15) is 0 Å². The van der Waals surface area contributed by atoms with Crippen molar-refractivity contribution in [2.45, 2.75) is 38.5 Å². The Kier molecular flexibility index (Phi) is 5.36. The third-order valence-electron chi connectivity index (χ3n) is 3.96. The molecule has 0 saturated carbocycles. The van der Waals surface area contributed by atoms with Crippen LogP contribution in [0.4, 0.5) is 0 Å². The van der Waals surface area contributed by atoms with Crippen LogP contribution in [0.5, 0.6) is 0 Å². The van der Waals surface area contributed by atoms with Crippen LogP contribution in [0.1, 0.15) is 22.7 Å². The van der Waals surface area contributed by atoms with E-state index in [4.69, 9.17) is 21.4 Å². The number of hydrogen-bond donors (Lipinski definition) is 2. The van der Waals surface area contributed by atoms with Gasteiger partial charge in [-0.3, -0.25) is 4.79 Å². The minimum absolute atomic E-state index is 0.287. The largest absolute Gasteiger partial charge is 0.479 e. The summed E-state index contributed by atoms with van der Waals surface area (Å²) in [5.74, 6) is -1.33. The first-order valence-corrected chi connectivity index (χ1v) is 9.01. The normalized spacial score (nSPS) is 19.8. The van der Waals surface area contributed by atoms with Crippen LogP contribution in [0, 0.1) is 6.92 Å². The molecule has 1 amide bonds. The lowest BCUT2D eigenvalue weighted by Gasteiger charge is -2.10. The Bertz CT molecular complexity index is 790. The molecule has 8 heteroatoms. The van der Waals surface area contributed by atoms with Gasteiger partial charge in [-0.05, 0) is 31.9 Å². The Hall–Kier alpha value is -1.96. The molecule has 25 heavy (non-hydrogen) atoms. The van der Waals surface area contributed by atoms with Gasteiger partial charge in [-0.15, -0.1) is 11.3 Å². The number of amides is 1. The van der Waals surface area contributed by atoms with Crippen LogP contribution in [0.25, 0.3) is 11.3 Å². The lowest BCUT2D eigenvalue weighted by molar-refractivity contribution is -0.151. The zero-order valence-corrected chi connectivity index (χ0v) is 15.1. The fourth-order valence-corrected chi connectivity index (χ4v) is 3.71. The van der Waals surface area contributed by atoms with Crippen LogP contribution in [0.15, 0.2) is 24.3 Å². The number of halogens is 1. The zero-order valence-electron chi connectivity index (χ0n) is 13.5. The van der Waals surface area contributed by atoms with Gasteiger partial charge in [0.25, 0.3) is 0 Å². The second-order valence-electron chi connectivity index (χ2n) is 5.77. The van der Waals surface area contributed by atoms with Crippen molar-refractivity contribution in [3.63, 3.8) is 0 Å². The molecule has 0 bridgehead atoms. The Morgan fingerprint density at radius 2 is 2.00 bits per heavy atom. The number of benzene rings is 1. The second-order valence-corrected chi connectivity index (χ2v) is 7.49. The molecule has 1 aromatic carbocycles. The molecule has 2 N–H and O–H groups in total. The zero-order chi connectivity index (χ0) is 18.0. The van der Waals surface area contributed by atoms with Crippen LogP contribution in [-0.4, -0.2) is 34.2 Å². The van der Waals surface area contributed by atoms with Crippen LogP contribution in [-0.2, 0) is 20.9 Å². The van der Waals surface area contributed by atoms with Crippen LogP contribution in [0.2, 0.25) is 5.02 Å². The molecule has 2 atom stereocenters. The number of nitrogens with zero attached hydrogens (tertiary/aromatic N) is 1. The topological polar surface area (TPSA) is 88.5 Å². The number of carboxylic acid groups (broad SMARTS) is 1. The SMILES string of the molecule is Cc1sc(CNC(=O)[C@@H]2CC[C@H](C(=O)O)O2)nc1-c1ccc(Cl)cc1. The number of nitrogens with one attached hydrogen (secondary N) is 1. The summed E-state index contributed by atoms with van der Waals surface area (Å²) in [6.45, 7) is 2.26. The summed E-state index contributed by atoms with van der Waals surface area (Å²) >= 11 is 7.42. The van der Waals surface area contributed by atoms with Gasteiger partial charge in [0.05, 0.1) is 12.2 Å². The van der Waals surface area contributed by atoms with Gasteiger partial charge < -0.3 is 15.2 Å². The molecule has 1 aromatic heterocycles. The van der Waals surface area contributed by atoms with E-state index >= 15 is 0 Å². The molecule has 1 aliphatic rings. The van der Waals surface area contributed by atoms with Crippen molar-refractivity contribution in [1.82, 2.24) is 10.3 Å². The number of ether oxygens (including phenoxy) is 1. The molecule has 0 radical (unpaired) electrons. The van der Waals surface area contributed by atoms with E-state index in [1.807, 2.05) is 31.2 Å². The number of thiazole rings is 1. The molecule has 1 aliphatic heterocycles. The summed E-state index contributed by atoms with van der Waals surface area (Å²) in [5, 5.41) is 13.1. The highest BCUT2D eigenvalue weighted by molar-refractivity contribution is 7.12. The van der Waals surface area contributed by atoms with E-state index in [0.717, 1.165) is 21.1 Å². The van der Waals surface area contributed by atoms with Gasteiger partial charge in [-0.25, -0.2) is 9.78 Å². The first kappa shape index (κ1) is 17.8. The Morgan fingerprint density at radius 1 is 1.32 bits per heavy atom. The van der Waals surface area contributed by atoms with Crippen molar-refractivity contribution in [3.8, 4) is 11.3 Å². The minimum Gasteiger partial charge on any atom is -0.479 e. The first-order valence-electron chi connectivity index (χ1n) is 7.82. The maximum absolute atomic E-state index is 12.1. The lowest BCUT2D eigenvalue weighted by atomic mass is 10.1. The average Bonchev–Trinajstić information content (AvgIpc) is 3.20. The minimum atomic E-state index is -1.03. The van der Waals surface area contributed by atoms with Crippen LogP contribution < -0.4 is 5.32 Å². The smallest absolute Gasteiger partial charge is 0.332 e. The van der Waals surface area contributed by atoms with E-state index in [0.29, 0.717) is 17.9 Å². The summed E-state index contributed by atoms with van der Waals surface area (Å²) in [5.41, 5.74) is 1.84. The third-order valence-corrected chi connectivity index (χ3v) is 5.18. The molecule has 1 saturated heterocycles. The predicted octanol–water partition coefficient (Wildman–Crippen LogP) is 3.02. The van der Waals surface area contributed by atoms with Gasteiger partial charge in [0, 0.05) is 15.5 Å². The Balaban J connectivity index is 1.61. The molecule has 0 spiro atoms. The van der Waals surface area contributed by atoms with E-state index < -0.39 is 18.2 Å². The molecule has 6 nitrogen and oxygen atoms in total. The monoisotopic (exact) mass is 380 g/mol. The fourth-order valence-electron chi connectivity index (χ4n) is 2.69. The molecule has 3 rings (SSSR count). The van der Waals surface area contributed by atoms with Crippen LogP contribution >= 0.6 is 22.9 Å². The number of rotatable bonds is 5. The summed E-state index contributed by atoms with van der Waals surface area (Å²) in [7, 11) is 0. The molecular formula is C17H17ClN2O4S. The standard InChI is InChI=1S/C17H17ClN2O4S/c1-9-15(10-2-4-11(18)5-3-10)20-14(25-9)8-19-16(21)12-6-7-13(24-12)17(22)23/h2-5,12-13H,6-8H2,1H3,(H,19,21)(H,22,23)/t12-,13+/m0/s1. The molecule has 0 unspecified atom stereocenters. The van der Waals surface area contributed by atoms with E-state index in [2.05, 4.69) is 10.3 Å².